The molecule has 2 N–H and O–H groups in total. The Kier molecular flexibility index (Phi) is 6.22. The second-order valence-corrected chi connectivity index (χ2v) is 4.29. The Labute approximate surface area is 108 Å². The Hall–Kier alpha value is -1.55. The maximum absolute atomic E-state index is 11.4. The van der Waals surface area contributed by atoms with Crippen LogP contribution in [0.15, 0.2) is 18.2 Å². The summed E-state index contributed by atoms with van der Waals surface area (Å²) in [6, 6.07) is 5.97. The lowest BCUT2D eigenvalue weighted by molar-refractivity contribution is -0.121. The minimum absolute atomic E-state index is 0.0479. The standard InChI is InChI=1S/C14H21NO3/c1-11-4-5-13(12(2)10-11)18-9-6-14(17)15-7-3-8-16/h4-5,10,16H,3,6-9H2,1-2H3,(H,15,17). The molecular weight excluding hydrogens is 230 g/mol. The maximum Gasteiger partial charge on any atom is 0.223 e. The molecule has 4 heteroatoms. The quantitative estimate of drug-likeness (QED) is 0.723. The molecule has 1 amide bonds. The van der Waals surface area contributed by atoms with Gasteiger partial charge in [-0.3, -0.25) is 4.79 Å². The van der Waals surface area contributed by atoms with Crippen molar-refractivity contribution in [3.05, 3.63) is 29.3 Å². The van der Waals surface area contributed by atoms with Gasteiger partial charge in [-0.2, -0.15) is 0 Å². The van der Waals surface area contributed by atoms with Crippen molar-refractivity contribution in [1.29, 1.82) is 0 Å². The van der Waals surface area contributed by atoms with Crippen LogP contribution in [-0.4, -0.2) is 30.8 Å². The van der Waals surface area contributed by atoms with Gasteiger partial charge in [0, 0.05) is 13.2 Å². The number of aryl methyl sites for hydroxylation is 2. The number of benzene rings is 1. The summed E-state index contributed by atoms with van der Waals surface area (Å²) in [6.45, 7) is 5.00. The first kappa shape index (κ1) is 14.5. The molecule has 0 fully saturated rings. The number of ether oxygens (including phenoxy) is 1. The van der Waals surface area contributed by atoms with Crippen molar-refractivity contribution in [3.63, 3.8) is 0 Å². The van der Waals surface area contributed by atoms with Crippen molar-refractivity contribution in [2.45, 2.75) is 26.7 Å². The van der Waals surface area contributed by atoms with Crippen LogP contribution in [0.4, 0.5) is 0 Å². The highest BCUT2D eigenvalue weighted by atomic mass is 16.5. The summed E-state index contributed by atoms with van der Waals surface area (Å²) >= 11 is 0. The zero-order valence-corrected chi connectivity index (χ0v) is 11.0. The molecule has 0 saturated heterocycles. The second kappa shape index (κ2) is 7.71. The van der Waals surface area contributed by atoms with Gasteiger partial charge in [0.05, 0.1) is 13.0 Å². The molecule has 18 heavy (non-hydrogen) atoms. The zero-order chi connectivity index (χ0) is 13.4. The maximum atomic E-state index is 11.4. The normalized spacial score (nSPS) is 10.2. The fourth-order valence-corrected chi connectivity index (χ4v) is 1.61. The lowest BCUT2D eigenvalue weighted by Crippen LogP contribution is -2.26. The molecule has 100 valence electrons. The highest BCUT2D eigenvalue weighted by Gasteiger charge is 2.03. The van der Waals surface area contributed by atoms with E-state index in [-0.39, 0.29) is 12.5 Å². The summed E-state index contributed by atoms with van der Waals surface area (Å²) in [6.07, 6.45) is 0.919. The fourth-order valence-electron chi connectivity index (χ4n) is 1.61. The molecule has 0 spiro atoms. The molecule has 4 nitrogen and oxygen atoms in total. The van der Waals surface area contributed by atoms with Crippen LogP contribution in [0, 0.1) is 13.8 Å². The number of carbonyl (C=O) groups excluding carboxylic acids is 1. The number of hydrogen-bond acceptors (Lipinski definition) is 3. The monoisotopic (exact) mass is 251 g/mol. The SMILES string of the molecule is Cc1ccc(OCCC(=O)NCCCO)c(C)c1. The van der Waals surface area contributed by atoms with E-state index in [1.165, 1.54) is 5.56 Å². The molecular formula is C14H21NO3. The smallest absolute Gasteiger partial charge is 0.223 e. The van der Waals surface area contributed by atoms with E-state index in [0.29, 0.717) is 26.0 Å². The molecule has 0 atom stereocenters. The topological polar surface area (TPSA) is 58.6 Å². The van der Waals surface area contributed by atoms with E-state index >= 15 is 0 Å². The van der Waals surface area contributed by atoms with E-state index in [4.69, 9.17) is 9.84 Å². The number of rotatable bonds is 7. The number of amides is 1. The van der Waals surface area contributed by atoms with E-state index in [9.17, 15) is 4.79 Å². The molecule has 0 heterocycles. The van der Waals surface area contributed by atoms with E-state index in [2.05, 4.69) is 11.4 Å². The Morgan fingerprint density at radius 2 is 2.17 bits per heavy atom. The summed E-state index contributed by atoms with van der Waals surface area (Å²) in [5.41, 5.74) is 2.28. The first-order valence-electron chi connectivity index (χ1n) is 6.21. The van der Waals surface area contributed by atoms with Crippen molar-refractivity contribution >= 4 is 5.91 Å². The average Bonchev–Trinajstić information content (AvgIpc) is 2.32. The van der Waals surface area contributed by atoms with Crippen molar-refractivity contribution in [3.8, 4) is 5.75 Å². The third-order valence-electron chi connectivity index (χ3n) is 2.57. The minimum atomic E-state index is -0.0479. The van der Waals surface area contributed by atoms with Gasteiger partial charge < -0.3 is 15.2 Å². The van der Waals surface area contributed by atoms with Crippen LogP contribution in [0.5, 0.6) is 5.75 Å². The zero-order valence-electron chi connectivity index (χ0n) is 11.0. The lowest BCUT2D eigenvalue weighted by atomic mass is 10.1. The molecule has 0 aliphatic carbocycles. The second-order valence-electron chi connectivity index (χ2n) is 4.29. The summed E-state index contributed by atoms with van der Waals surface area (Å²) < 4.78 is 5.56. The third-order valence-corrected chi connectivity index (χ3v) is 2.57. The van der Waals surface area contributed by atoms with Gasteiger partial charge in [0.25, 0.3) is 0 Å². The molecule has 1 aromatic carbocycles. The van der Waals surface area contributed by atoms with Gasteiger partial charge in [-0.05, 0) is 31.9 Å². The molecule has 0 aliphatic rings. The van der Waals surface area contributed by atoms with Gasteiger partial charge in [0.2, 0.25) is 5.91 Å². The molecule has 0 aliphatic heterocycles. The Morgan fingerprint density at radius 3 is 2.83 bits per heavy atom. The number of aliphatic hydroxyl groups excluding tert-OH is 1. The number of carbonyl (C=O) groups is 1. The van der Waals surface area contributed by atoms with Gasteiger partial charge in [0.1, 0.15) is 5.75 Å². The van der Waals surface area contributed by atoms with Crippen molar-refractivity contribution in [2.75, 3.05) is 19.8 Å². The predicted octanol–water partition coefficient (Wildman–Crippen LogP) is 1.57. The first-order chi connectivity index (χ1) is 8.63. The van der Waals surface area contributed by atoms with Gasteiger partial charge in [-0.1, -0.05) is 17.7 Å². The van der Waals surface area contributed by atoms with Gasteiger partial charge in [0.15, 0.2) is 0 Å². The number of hydrogen-bond donors (Lipinski definition) is 2. The molecule has 1 rings (SSSR count). The van der Waals surface area contributed by atoms with Crippen molar-refractivity contribution in [2.24, 2.45) is 0 Å². The summed E-state index contributed by atoms with van der Waals surface area (Å²) in [5.74, 6) is 0.775. The number of nitrogens with one attached hydrogen (secondary N) is 1. The summed E-state index contributed by atoms with van der Waals surface area (Å²) in [7, 11) is 0. The van der Waals surface area contributed by atoms with Crippen LogP contribution < -0.4 is 10.1 Å². The van der Waals surface area contributed by atoms with Crippen LogP contribution in [-0.2, 0) is 4.79 Å². The van der Waals surface area contributed by atoms with Crippen molar-refractivity contribution < 1.29 is 14.6 Å². The molecule has 0 radical (unpaired) electrons. The summed E-state index contributed by atoms with van der Waals surface area (Å²) in [5, 5.41) is 11.3. The largest absolute Gasteiger partial charge is 0.493 e. The molecule has 1 aromatic rings. The highest BCUT2D eigenvalue weighted by Crippen LogP contribution is 2.18. The van der Waals surface area contributed by atoms with E-state index in [1.54, 1.807) is 0 Å². The van der Waals surface area contributed by atoms with Gasteiger partial charge >= 0.3 is 0 Å². The van der Waals surface area contributed by atoms with Crippen LogP contribution in [0.2, 0.25) is 0 Å². The third kappa shape index (κ3) is 5.19. The molecule has 0 aromatic heterocycles. The Morgan fingerprint density at radius 1 is 1.39 bits per heavy atom. The first-order valence-corrected chi connectivity index (χ1v) is 6.21. The number of aliphatic hydroxyl groups is 1. The van der Waals surface area contributed by atoms with Crippen molar-refractivity contribution in [1.82, 2.24) is 5.32 Å². The predicted molar refractivity (Wildman–Crippen MR) is 70.7 cm³/mol. The fraction of sp³-hybridized carbons (Fsp3) is 0.500. The highest BCUT2D eigenvalue weighted by molar-refractivity contribution is 5.75. The average molecular weight is 251 g/mol. The van der Waals surface area contributed by atoms with Crippen LogP contribution in [0.3, 0.4) is 0 Å². The Balaban J connectivity index is 2.26. The molecule has 0 saturated carbocycles. The Bertz CT molecular complexity index is 391. The van der Waals surface area contributed by atoms with Crippen LogP contribution in [0.25, 0.3) is 0 Å². The molecule has 0 bridgehead atoms. The lowest BCUT2D eigenvalue weighted by Gasteiger charge is -2.09. The van der Waals surface area contributed by atoms with Crippen LogP contribution >= 0.6 is 0 Å². The summed E-state index contributed by atoms with van der Waals surface area (Å²) in [4.78, 5) is 11.4. The molecule has 0 unspecified atom stereocenters. The van der Waals surface area contributed by atoms with E-state index in [0.717, 1.165) is 11.3 Å². The minimum Gasteiger partial charge on any atom is -0.493 e. The van der Waals surface area contributed by atoms with E-state index < -0.39 is 0 Å². The van der Waals surface area contributed by atoms with Gasteiger partial charge in [-0.15, -0.1) is 0 Å². The van der Waals surface area contributed by atoms with Gasteiger partial charge in [-0.25, -0.2) is 0 Å². The van der Waals surface area contributed by atoms with E-state index in [1.807, 2.05) is 26.0 Å². The van der Waals surface area contributed by atoms with Crippen LogP contribution in [0.1, 0.15) is 24.0 Å².